The molecule has 172 valence electrons. The highest BCUT2D eigenvalue weighted by Crippen LogP contribution is 2.27. The lowest BCUT2D eigenvalue weighted by Crippen LogP contribution is -2.22. The van der Waals surface area contributed by atoms with Gasteiger partial charge in [-0.25, -0.2) is 8.42 Å². The molecule has 1 amide bonds. The van der Waals surface area contributed by atoms with Gasteiger partial charge in [-0.3, -0.25) is 9.52 Å². The Kier molecular flexibility index (Phi) is 6.80. The number of carbonyl (C=O) groups excluding carboxylic acids is 1. The normalized spacial score (nSPS) is 11.3. The van der Waals surface area contributed by atoms with E-state index in [4.69, 9.17) is 0 Å². The third kappa shape index (κ3) is 5.18. The summed E-state index contributed by atoms with van der Waals surface area (Å²) in [5, 5.41) is 2.93. The number of hydrogen-bond donors (Lipinski definition) is 2. The summed E-state index contributed by atoms with van der Waals surface area (Å²) in [6.07, 6.45) is 0. The highest BCUT2D eigenvalue weighted by atomic mass is 32.2. The van der Waals surface area contributed by atoms with Crippen LogP contribution in [0.2, 0.25) is 0 Å². The minimum absolute atomic E-state index is 0.121. The molecule has 0 unspecified atom stereocenters. The molecule has 0 aliphatic rings. The van der Waals surface area contributed by atoms with Crippen LogP contribution >= 0.6 is 0 Å². The van der Waals surface area contributed by atoms with Crippen molar-refractivity contribution in [1.29, 1.82) is 0 Å². The van der Waals surface area contributed by atoms with Crippen molar-refractivity contribution in [2.45, 2.75) is 24.7 Å². The molecule has 0 aromatic heterocycles. The van der Waals surface area contributed by atoms with Crippen molar-refractivity contribution in [3.63, 3.8) is 0 Å². The molecule has 6 heteroatoms. The molecule has 4 rings (SSSR count). The van der Waals surface area contributed by atoms with Gasteiger partial charge in [-0.05, 0) is 60.4 Å². The summed E-state index contributed by atoms with van der Waals surface area (Å²) in [5.41, 5.74) is 4.55. The average molecular weight is 471 g/mol. The maximum atomic E-state index is 13.3. The molecule has 4 aromatic rings. The SMILES string of the molecule is Cc1cccc(C)c1NS(=O)(=O)c1ccc(NC(=O)C(c2ccccc2)c2ccccc2)cc1. The van der Waals surface area contributed by atoms with Crippen LogP contribution in [0.3, 0.4) is 0 Å². The molecular formula is C28H26N2O3S. The van der Waals surface area contributed by atoms with Gasteiger partial charge in [-0.2, -0.15) is 0 Å². The summed E-state index contributed by atoms with van der Waals surface area (Å²) in [4.78, 5) is 13.4. The Morgan fingerprint density at radius 1 is 0.676 bits per heavy atom. The zero-order chi connectivity index (χ0) is 24.1. The molecule has 0 atom stereocenters. The molecular weight excluding hydrogens is 444 g/mol. The first kappa shape index (κ1) is 23.3. The minimum Gasteiger partial charge on any atom is -0.325 e. The topological polar surface area (TPSA) is 75.3 Å². The molecule has 0 saturated heterocycles. The number of hydrogen-bond acceptors (Lipinski definition) is 3. The van der Waals surface area contributed by atoms with Gasteiger partial charge in [0.05, 0.1) is 16.5 Å². The van der Waals surface area contributed by atoms with Crippen molar-refractivity contribution in [3.05, 3.63) is 125 Å². The Morgan fingerprint density at radius 3 is 1.68 bits per heavy atom. The second-order valence-corrected chi connectivity index (χ2v) is 9.82. The third-order valence-electron chi connectivity index (χ3n) is 5.68. The van der Waals surface area contributed by atoms with Crippen molar-refractivity contribution < 1.29 is 13.2 Å². The maximum absolute atomic E-state index is 13.3. The number of amides is 1. The molecule has 2 N–H and O–H groups in total. The first-order chi connectivity index (χ1) is 16.3. The fourth-order valence-corrected chi connectivity index (χ4v) is 5.09. The lowest BCUT2D eigenvalue weighted by Gasteiger charge is -2.18. The van der Waals surface area contributed by atoms with Gasteiger partial charge in [-0.1, -0.05) is 78.9 Å². The van der Waals surface area contributed by atoms with Gasteiger partial charge >= 0.3 is 0 Å². The fraction of sp³-hybridized carbons (Fsp3) is 0.107. The van der Waals surface area contributed by atoms with Crippen LogP contribution in [0.5, 0.6) is 0 Å². The molecule has 0 heterocycles. The molecule has 4 aromatic carbocycles. The largest absolute Gasteiger partial charge is 0.325 e. The smallest absolute Gasteiger partial charge is 0.261 e. The Morgan fingerprint density at radius 2 is 1.18 bits per heavy atom. The molecule has 0 aliphatic carbocycles. The number of benzene rings is 4. The predicted molar refractivity (Wildman–Crippen MR) is 137 cm³/mol. The van der Waals surface area contributed by atoms with E-state index in [2.05, 4.69) is 10.0 Å². The molecule has 0 radical (unpaired) electrons. The van der Waals surface area contributed by atoms with E-state index in [9.17, 15) is 13.2 Å². The number of para-hydroxylation sites is 1. The molecule has 0 bridgehead atoms. The van der Waals surface area contributed by atoms with Gasteiger partial charge < -0.3 is 5.32 Å². The van der Waals surface area contributed by atoms with Gasteiger partial charge in [0, 0.05) is 5.69 Å². The Bertz CT molecular complexity index is 1330. The van der Waals surface area contributed by atoms with Gasteiger partial charge in [0.15, 0.2) is 0 Å². The van der Waals surface area contributed by atoms with Crippen LogP contribution in [0.4, 0.5) is 11.4 Å². The van der Waals surface area contributed by atoms with Crippen molar-refractivity contribution in [1.82, 2.24) is 0 Å². The summed E-state index contributed by atoms with van der Waals surface area (Å²) in [6.45, 7) is 3.72. The monoisotopic (exact) mass is 470 g/mol. The number of rotatable bonds is 7. The highest BCUT2D eigenvalue weighted by molar-refractivity contribution is 7.92. The highest BCUT2D eigenvalue weighted by Gasteiger charge is 2.23. The van der Waals surface area contributed by atoms with E-state index in [1.165, 1.54) is 12.1 Å². The van der Waals surface area contributed by atoms with E-state index >= 15 is 0 Å². The minimum atomic E-state index is -3.77. The maximum Gasteiger partial charge on any atom is 0.261 e. The van der Waals surface area contributed by atoms with E-state index in [-0.39, 0.29) is 10.8 Å². The summed E-state index contributed by atoms with van der Waals surface area (Å²) in [7, 11) is -3.77. The predicted octanol–water partition coefficient (Wildman–Crippen LogP) is 5.87. The second-order valence-electron chi connectivity index (χ2n) is 8.14. The van der Waals surface area contributed by atoms with Gasteiger partial charge in [0.25, 0.3) is 10.0 Å². The Labute approximate surface area is 200 Å². The lowest BCUT2D eigenvalue weighted by atomic mass is 9.90. The van der Waals surface area contributed by atoms with E-state index in [1.54, 1.807) is 12.1 Å². The molecule has 0 spiro atoms. The summed E-state index contributed by atoms with van der Waals surface area (Å²) < 4.78 is 28.5. The first-order valence-corrected chi connectivity index (χ1v) is 12.4. The zero-order valence-corrected chi connectivity index (χ0v) is 19.8. The van der Waals surface area contributed by atoms with E-state index < -0.39 is 15.9 Å². The van der Waals surface area contributed by atoms with Crippen LogP contribution in [0.15, 0.2) is 108 Å². The molecule has 0 aliphatic heterocycles. The Balaban J connectivity index is 1.55. The van der Waals surface area contributed by atoms with Crippen LogP contribution < -0.4 is 10.0 Å². The quantitative estimate of drug-likeness (QED) is 0.354. The number of aryl methyl sites for hydroxylation is 2. The van der Waals surface area contributed by atoms with Gasteiger partial charge in [-0.15, -0.1) is 0 Å². The third-order valence-corrected chi connectivity index (χ3v) is 7.04. The molecule has 34 heavy (non-hydrogen) atoms. The number of anilines is 2. The standard InChI is InChI=1S/C28H26N2O3S/c1-20-10-9-11-21(2)27(20)30-34(32,33)25-18-16-24(17-19-25)29-28(31)26(22-12-5-3-6-13-22)23-14-7-4-8-15-23/h3-19,26,30H,1-2H3,(H,29,31). The van der Waals surface area contributed by atoms with Crippen LogP contribution in [0, 0.1) is 13.8 Å². The summed E-state index contributed by atoms with van der Waals surface area (Å²) in [5.74, 6) is -0.682. The number of nitrogens with one attached hydrogen (secondary N) is 2. The first-order valence-electron chi connectivity index (χ1n) is 10.9. The van der Waals surface area contributed by atoms with Gasteiger partial charge in [0.1, 0.15) is 0 Å². The fourth-order valence-electron chi connectivity index (χ4n) is 3.89. The lowest BCUT2D eigenvalue weighted by molar-refractivity contribution is -0.116. The number of carbonyl (C=O) groups is 1. The van der Waals surface area contributed by atoms with Crippen molar-refractivity contribution in [3.8, 4) is 0 Å². The number of sulfonamides is 1. The average Bonchev–Trinajstić information content (AvgIpc) is 2.83. The van der Waals surface area contributed by atoms with Crippen LogP contribution in [0.25, 0.3) is 0 Å². The van der Waals surface area contributed by atoms with E-state index in [0.717, 1.165) is 22.3 Å². The summed E-state index contributed by atoms with van der Waals surface area (Å²) in [6, 6.07) is 30.9. The molecule has 0 saturated carbocycles. The second kappa shape index (κ2) is 9.93. The molecule has 5 nitrogen and oxygen atoms in total. The van der Waals surface area contributed by atoms with Crippen LogP contribution in [-0.4, -0.2) is 14.3 Å². The van der Waals surface area contributed by atoms with Crippen molar-refractivity contribution in [2.24, 2.45) is 0 Å². The summed E-state index contributed by atoms with van der Waals surface area (Å²) >= 11 is 0. The molecule has 0 fully saturated rings. The Hall–Kier alpha value is -3.90. The van der Waals surface area contributed by atoms with Crippen LogP contribution in [0.1, 0.15) is 28.2 Å². The van der Waals surface area contributed by atoms with E-state index in [0.29, 0.717) is 11.4 Å². The van der Waals surface area contributed by atoms with Crippen molar-refractivity contribution >= 4 is 27.3 Å². The van der Waals surface area contributed by atoms with Crippen molar-refractivity contribution in [2.75, 3.05) is 10.0 Å². The van der Waals surface area contributed by atoms with E-state index in [1.807, 2.05) is 92.7 Å². The zero-order valence-electron chi connectivity index (χ0n) is 19.0. The van der Waals surface area contributed by atoms with Crippen LogP contribution in [-0.2, 0) is 14.8 Å². The van der Waals surface area contributed by atoms with Gasteiger partial charge in [0.2, 0.25) is 5.91 Å².